The lowest BCUT2D eigenvalue weighted by Gasteiger charge is -2.32. The van der Waals surface area contributed by atoms with Gasteiger partial charge in [-0.1, -0.05) is 24.3 Å². The Labute approximate surface area is 191 Å². The fourth-order valence-corrected chi connectivity index (χ4v) is 5.23. The van der Waals surface area contributed by atoms with Crippen LogP contribution in [0, 0.1) is 0 Å². The van der Waals surface area contributed by atoms with Gasteiger partial charge in [-0.2, -0.15) is 4.31 Å². The van der Waals surface area contributed by atoms with Gasteiger partial charge in [-0.15, -0.1) is 0 Å². The molecule has 1 fully saturated rings. The van der Waals surface area contributed by atoms with E-state index in [1.165, 1.54) is 16.4 Å². The van der Waals surface area contributed by atoms with Crippen molar-refractivity contribution in [2.24, 2.45) is 0 Å². The molecule has 0 saturated carbocycles. The summed E-state index contributed by atoms with van der Waals surface area (Å²) in [5.41, 5.74) is 1.52. The number of benzene rings is 2. The van der Waals surface area contributed by atoms with Crippen molar-refractivity contribution in [1.82, 2.24) is 14.5 Å². The van der Waals surface area contributed by atoms with Crippen molar-refractivity contribution >= 4 is 15.9 Å². The van der Waals surface area contributed by atoms with Crippen molar-refractivity contribution in [2.75, 3.05) is 27.2 Å². The van der Waals surface area contributed by atoms with Crippen LogP contribution in [0.5, 0.6) is 5.75 Å². The summed E-state index contributed by atoms with van der Waals surface area (Å²) in [5.74, 6) is 0.651. The molecule has 0 aliphatic carbocycles. The number of ether oxygens (including phenoxy) is 1. The molecule has 3 rings (SSSR count). The van der Waals surface area contributed by atoms with Crippen LogP contribution in [0.25, 0.3) is 0 Å². The molecule has 0 bridgehead atoms. The Bertz CT molecular complexity index is 1030. The van der Waals surface area contributed by atoms with Crippen LogP contribution in [-0.4, -0.2) is 62.9 Å². The Kier molecular flexibility index (Phi) is 7.92. The maximum absolute atomic E-state index is 12.8. The molecule has 1 aliphatic heterocycles. The molecule has 0 radical (unpaired) electrons. The fraction of sp³-hybridized carbons (Fsp3) is 0.458. The molecule has 8 heteroatoms. The second-order valence-corrected chi connectivity index (χ2v) is 10.5. The minimum Gasteiger partial charge on any atom is -0.496 e. The number of para-hydroxylation sites is 1. The zero-order chi connectivity index (χ0) is 23.3. The molecule has 1 heterocycles. The van der Waals surface area contributed by atoms with Crippen LogP contribution in [0.4, 0.5) is 0 Å². The number of carbonyl (C=O) groups is 1. The number of nitrogens with one attached hydrogen (secondary N) is 1. The smallest absolute Gasteiger partial charge is 0.251 e. The van der Waals surface area contributed by atoms with E-state index in [9.17, 15) is 13.2 Å². The van der Waals surface area contributed by atoms with Gasteiger partial charge >= 0.3 is 0 Å². The van der Waals surface area contributed by atoms with E-state index < -0.39 is 10.0 Å². The molecule has 2 aromatic rings. The molecule has 1 saturated heterocycles. The largest absolute Gasteiger partial charge is 0.496 e. The summed E-state index contributed by atoms with van der Waals surface area (Å²) in [5, 5.41) is 3.07. The molecular weight excluding hydrogens is 426 g/mol. The van der Waals surface area contributed by atoms with Crippen molar-refractivity contribution in [3.8, 4) is 5.75 Å². The van der Waals surface area contributed by atoms with Crippen LogP contribution >= 0.6 is 0 Å². The second-order valence-electron chi connectivity index (χ2n) is 8.48. The summed E-state index contributed by atoms with van der Waals surface area (Å²) < 4.78 is 32.2. The molecule has 0 unspecified atom stereocenters. The van der Waals surface area contributed by atoms with Crippen molar-refractivity contribution in [2.45, 2.75) is 50.2 Å². The highest BCUT2D eigenvalue weighted by atomic mass is 32.2. The maximum Gasteiger partial charge on any atom is 0.251 e. The minimum absolute atomic E-state index is 0.0648. The Morgan fingerprint density at radius 1 is 1.16 bits per heavy atom. The summed E-state index contributed by atoms with van der Waals surface area (Å²) >= 11 is 0. The summed E-state index contributed by atoms with van der Waals surface area (Å²) in [6.45, 7) is 6.18. The number of sulfonamides is 1. The van der Waals surface area contributed by atoms with E-state index in [4.69, 9.17) is 4.74 Å². The van der Waals surface area contributed by atoms with E-state index in [-0.39, 0.29) is 22.9 Å². The molecule has 0 spiro atoms. The quantitative estimate of drug-likeness (QED) is 0.656. The normalized spacial score (nSPS) is 15.8. The Morgan fingerprint density at radius 2 is 1.84 bits per heavy atom. The number of methoxy groups -OCH3 is 1. The average molecular weight is 460 g/mol. The van der Waals surface area contributed by atoms with E-state index in [0.29, 0.717) is 5.56 Å². The highest BCUT2D eigenvalue weighted by Crippen LogP contribution is 2.22. The number of piperidine rings is 1. The number of nitrogens with zero attached hydrogens (tertiary/aromatic N) is 2. The van der Waals surface area contributed by atoms with Crippen LogP contribution in [0.15, 0.2) is 53.4 Å². The number of rotatable bonds is 8. The molecule has 32 heavy (non-hydrogen) atoms. The Hall–Kier alpha value is -2.42. The van der Waals surface area contributed by atoms with Crippen molar-refractivity contribution in [1.29, 1.82) is 0 Å². The molecule has 1 aliphatic rings. The predicted octanol–water partition coefficient (Wildman–Crippen LogP) is 3.12. The molecular formula is C24H33N3O4S. The molecule has 0 atom stereocenters. The van der Waals surface area contributed by atoms with Gasteiger partial charge in [-0.3, -0.25) is 9.69 Å². The summed E-state index contributed by atoms with van der Waals surface area (Å²) in [4.78, 5) is 15.3. The summed E-state index contributed by atoms with van der Waals surface area (Å²) in [6.07, 6.45) is 1.68. The van der Waals surface area contributed by atoms with Gasteiger partial charge in [0.1, 0.15) is 5.75 Å². The lowest BCUT2D eigenvalue weighted by molar-refractivity contribution is 0.0908. The zero-order valence-corrected chi connectivity index (χ0v) is 20.1. The first kappa shape index (κ1) is 24.2. The Balaban J connectivity index is 1.58. The van der Waals surface area contributed by atoms with Gasteiger partial charge < -0.3 is 10.1 Å². The minimum atomic E-state index is -3.63. The first-order valence-corrected chi connectivity index (χ1v) is 12.4. The second kappa shape index (κ2) is 10.5. The highest BCUT2D eigenvalue weighted by Gasteiger charge is 2.25. The predicted molar refractivity (Wildman–Crippen MR) is 125 cm³/mol. The van der Waals surface area contributed by atoms with Gasteiger partial charge in [0, 0.05) is 49.9 Å². The Morgan fingerprint density at radius 3 is 2.50 bits per heavy atom. The summed E-state index contributed by atoms with van der Waals surface area (Å²) in [6, 6.07) is 14.2. The van der Waals surface area contributed by atoms with Crippen LogP contribution in [0.2, 0.25) is 0 Å². The third kappa shape index (κ3) is 5.68. The molecule has 7 nitrogen and oxygen atoms in total. The molecule has 2 aromatic carbocycles. The van der Waals surface area contributed by atoms with Gasteiger partial charge in [-0.05, 0) is 51.0 Å². The van der Waals surface area contributed by atoms with Gasteiger partial charge in [0.05, 0.1) is 12.0 Å². The van der Waals surface area contributed by atoms with E-state index in [1.807, 2.05) is 32.0 Å². The van der Waals surface area contributed by atoms with Crippen LogP contribution in [0.3, 0.4) is 0 Å². The molecule has 174 valence electrons. The fourth-order valence-electron chi connectivity index (χ4n) is 3.82. The maximum atomic E-state index is 12.8. The van der Waals surface area contributed by atoms with Crippen molar-refractivity contribution < 1.29 is 17.9 Å². The summed E-state index contributed by atoms with van der Waals surface area (Å²) in [7, 11) is -0.404. The van der Waals surface area contributed by atoms with E-state index >= 15 is 0 Å². The van der Waals surface area contributed by atoms with Gasteiger partial charge in [0.2, 0.25) is 10.0 Å². The number of hydrogen-bond donors (Lipinski definition) is 1. The third-order valence-electron chi connectivity index (χ3n) is 6.01. The lowest BCUT2D eigenvalue weighted by Crippen LogP contribution is -2.44. The first-order valence-electron chi connectivity index (χ1n) is 11.0. The average Bonchev–Trinajstić information content (AvgIpc) is 2.80. The number of likely N-dealkylation sites (tertiary alicyclic amines) is 1. The van der Waals surface area contributed by atoms with Gasteiger partial charge in [0.15, 0.2) is 0 Å². The van der Waals surface area contributed by atoms with E-state index in [0.717, 1.165) is 43.8 Å². The van der Waals surface area contributed by atoms with Crippen LogP contribution < -0.4 is 10.1 Å². The van der Waals surface area contributed by atoms with Gasteiger partial charge in [-0.25, -0.2) is 8.42 Å². The van der Waals surface area contributed by atoms with Crippen LogP contribution in [-0.2, 0) is 16.6 Å². The lowest BCUT2D eigenvalue weighted by atomic mass is 10.0. The van der Waals surface area contributed by atoms with Crippen molar-refractivity contribution in [3.05, 3.63) is 59.7 Å². The molecule has 1 N–H and O–H groups in total. The number of hydrogen-bond acceptors (Lipinski definition) is 5. The standard InChI is InChI=1S/C24H33N3O4S/c1-18(2)26(3)32(29,30)22-10-7-9-19(16-22)24(28)25-21-12-14-27(15-13-21)17-20-8-5-6-11-23(20)31-4/h5-11,16,18,21H,12-15,17H2,1-4H3,(H,25,28). The zero-order valence-electron chi connectivity index (χ0n) is 19.2. The van der Waals surface area contributed by atoms with Crippen molar-refractivity contribution in [3.63, 3.8) is 0 Å². The number of amides is 1. The SMILES string of the molecule is COc1ccccc1CN1CCC(NC(=O)c2cccc(S(=O)(=O)N(C)C(C)C)c2)CC1. The third-order valence-corrected chi connectivity index (χ3v) is 8.04. The monoisotopic (exact) mass is 459 g/mol. The molecule has 1 amide bonds. The first-order chi connectivity index (χ1) is 15.2. The van der Waals surface area contributed by atoms with Gasteiger partial charge in [0.25, 0.3) is 5.91 Å². The van der Waals surface area contributed by atoms with E-state index in [2.05, 4.69) is 16.3 Å². The van der Waals surface area contributed by atoms with E-state index in [1.54, 1.807) is 26.3 Å². The van der Waals surface area contributed by atoms with Crippen LogP contribution in [0.1, 0.15) is 42.6 Å². The topological polar surface area (TPSA) is 79.0 Å². The molecule has 0 aromatic heterocycles. The number of carbonyl (C=O) groups excluding carboxylic acids is 1. The highest BCUT2D eigenvalue weighted by molar-refractivity contribution is 7.89.